The van der Waals surface area contributed by atoms with Gasteiger partial charge in [-0.05, 0) is 38.0 Å². The van der Waals surface area contributed by atoms with Crippen molar-refractivity contribution in [1.82, 2.24) is 14.7 Å². The number of aromatic nitrogens is 2. The van der Waals surface area contributed by atoms with E-state index in [-0.39, 0.29) is 5.91 Å². The normalized spacial score (nSPS) is 11.0. The largest absolute Gasteiger partial charge is 0.348 e. The van der Waals surface area contributed by atoms with Crippen LogP contribution in [0.3, 0.4) is 0 Å². The molecule has 4 nitrogen and oxygen atoms in total. The molecule has 2 aromatic rings. The Morgan fingerprint density at radius 3 is 2.59 bits per heavy atom. The molecule has 22 heavy (non-hydrogen) atoms. The fraction of sp³-hybridized carbons (Fsp3) is 0.412. The van der Waals surface area contributed by atoms with Gasteiger partial charge in [0.25, 0.3) is 0 Å². The summed E-state index contributed by atoms with van der Waals surface area (Å²) in [7, 11) is 3.57. The van der Waals surface area contributed by atoms with Gasteiger partial charge >= 0.3 is 0 Å². The third kappa shape index (κ3) is 3.91. The maximum absolute atomic E-state index is 11.7. The fourth-order valence-corrected chi connectivity index (χ4v) is 3.02. The zero-order valence-corrected chi connectivity index (χ0v) is 14.6. The zero-order chi connectivity index (χ0) is 16.3. The SMILES string of the molecule is Cc1cc(-c2cnn(C(C)C)c2)ccc1SCC(=O)N(C)C. The van der Waals surface area contributed by atoms with E-state index >= 15 is 0 Å². The van der Waals surface area contributed by atoms with Crippen LogP contribution in [-0.2, 0) is 4.79 Å². The topological polar surface area (TPSA) is 38.1 Å². The van der Waals surface area contributed by atoms with Crippen LogP contribution in [0.4, 0.5) is 0 Å². The molecule has 1 aromatic carbocycles. The Kier molecular flexibility index (Phi) is 5.29. The molecule has 0 bridgehead atoms. The van der Waals surface area contributed by atoms with Crippen molar-refractivity contribution in [3.8, 4) is 11.1 Å². The minimum absolute atomic E-state index is 0.131. The Morgan fingerprint density at radius 2 is 2.05 bits per heavy atom. The zero-order valence-electron chi connectivity index (χ0n) is 13.8. The van der Waals surface area contributed by atoms with E-state index in [9.17, 15) is 4.79 Å². The molecule has 1 amide bonds. The van der Waals surface area contributed by atoms with E-state index in [4.69, 9.17) is 0 Å². The highest BCUT2D eigenvalue weighted by molar-refractivity contribution is 8.00. The summed E-state index contributed by atoms with van der Waals surface area (Å²) in [5, 5.41) is 4.38. The van der Waals surface area contributed by atoms with Gasteiger partial charge in [0.15, 0.2) is 0 Å². The Hall–Kier alpha value is -1.75. The molecule has 0 fully saturated rings. The molecule has 0 saturated heterocycles. The summed E-state index contributed by atoms with van der Waals surface area (Å²) in [6, 6.07) is 6.70. The summed E-state index contributed by atoms with van der Waals surface area (Å²) in [6.45, 7) is 6.31. The summed E-state index contributed by atoms with van der Waals surface area (Å²) in [6.07, 6.45) is 3.97. The van der Waals surface area contributed by atoms with Crippen molar-refractivity contribution in [3.05, 3.63) is 36.2 Å². The first-order valence-corrected chi connectivity index (χ1v) is 8.35. The minimum Gasteiger partial charge on any atom is -0.348 e. The molecular weight excluding hydrogens is 294 g/mol. The molecule has 2 rings (SSSR count). The van der Waals surface area contributed by atoms with Crippen LogP contribution in [0.15, 0.2) is 35.5 Å². The van der Waals surface area contributed by atoms with Crippen LogP contribution in [-0.4, -0.2) is 40.4 Å². The van der Waals surface area contributed by atoms with E-state index in [0.717, 1.165) is 16.0 Å². The van der Waals surface area contributed by atoms with E-state index < -0.39 is 0 Å². The molecule has 1 aromatic heterocycles. The first kappa shape index (κ1) is 16.6. The monoisotopic (exact) mass is 317 g/mol. The number of nitrogens with zero attached hydrogens (tertiary/aromatic N) is 3. The molecular formula is C17H23N3OS. The maximum atomic E-state index is 11.7. The highest BCUT2D eigenvalue weighted by Gasteiger charge is 2.09. The van der Waals surface area contributed by atoms with E-state index in [2.05, 4.69) is 50.3 Å². The molecule has 0 aliphatic carbocycles. The number of amides is 1. The van der Waals surface area contributed by atoms with Crippen molar-refractivity contribution in [2.75, 3.05) is 19.8 Å². The lowest BCUT2D eigenvalue weighted by Gasteiger charge is -2.11. The molecule has 5 heteroatoms. The molecule has 118 valence electrons. The first-order chi connectivity index (χ1) is 10.4. The van der Waals surface area contributed by atoms with E-state index in [0.29, 0.717) is 11.8 Å². The molecule has 1 heterocycles. The lowest BCUT2D eigenvalue weighted by Crippen LogP contribution is -2.23. The third-order valence-electron chi connectivity index (χ3n) is 3.49. The van der Waals surface area contributed by atoms with Crippen molar-refractivity contribution < 1.29 is 4.79 Å². The summed E-state index contributed by atoms with van der Waals surface area (Å²) in [5.41, 5.74) is 3.47. The average Bonchev–Trinajstić information content (AvgIpc) is 2.95. The van der Waals surface area contributed by atoms with Gasteiger partial charge in [-0.15, -0.1) is 11.8 Å². The quantitative estimate of drug-likeness (QED) is 0.791. The van der Waals surface area contributed by atoms with Gasteiger partial charge in [-0.1, -0.05) is 12.1 Å². The molecule has 0 radical (unpaired) electrons. The molecule has 0 unspecified atom stereocenters. The van der Waals surface area contributed by atoms with Crippen LogP contribution in [0.1, 0.15) is 25.5 Å². The Balaban J connectivity index is 2.13. The average molecular weight is 317 g/mol. The van der Waals surface area contributed by atoms with Crippen LogP contribution in [0.5, 0.6) is 0 Å². The number of aryl methyl sites for hydroxylation is 1. The minimum atomic E-state index is 0.131. The predicted molar refractivity (Wildman–Crippen MR) is 92.2 cm³/mol. The van der Waals surface area contributed by atoms with E-state index in [1.54, 1.807) is 30.8 Å². The first-order valence-electron chi connectivity index (χ1n) is 7.36. The number of benzene rings is 1. The Labute approximate surface area is 136 Å². The smallest absolute Gasteiger partial charge is 0.232 e. The fourth-order valence-electron chi connectivity index (χ4n) is 2.03. The summed E-state index contributed by atoms with van der Waals surface area (Å²) in [5.74, 6) is 0.602. The second kappa shape index (κ2) is 7.01. The van der Waals surface area contributed by atoms with Gasteiger partial charge in [0, 0.05) is 36.8 Å². The third-order valence-corrected chi connectivity index (χ3v) is 4.65. The van der Waals surface area contributed by atoms with Crippen molar-refractivity contribution in [2.45, 2.75) is 31.7 Å². The predicted octanol–water partition coefficient (Wildman–Crippen LogP) is 3.62. The summed E-state index contributed by atoms with van der Waals surface area (Å²) in [4.78, 5) is 14.4. The molecule has 0 aliphatic heterocycles. The number of hydrogen-bond acceptors (Lipinski definition) is 3. The molecule has 0 N–H and O–H groups in total. The number of carbonyl (C=O) groups excluding carboxylic acids is 1. The van der Waals surface area contributed by atoms with Crippen LogP contribution in [0.2, 0.25) is 0 Å². The van der Waals surface area contributed by atoms with Crippen molar-refractivity contribution in [1.29, 1.82) is 0 Å². The second-order valence-corrected chi connectivity index (χ2v) is 6.88. The number of thioether (sulfide) groups is 1. The van der Waals surface area contributed by atoms with Gasteiger partial charge in [0.1, 0.15) is 0 Å². The van der Waals surface area contributed by atoms with E-state index in [1.807, 2.05) is 10.9 Å². The van der Waals surface area contributed by atoms with Crippen molar-refractivity contribution in [2.24, 2.45) is 0 Å². The van der Waals surface area contributed by atoms with E-state index in [1.165, 1.54) is 5.56 Å². The number of carbonyl (C=O) groups is 1. The van der Waals surface area contributed by atoms with Crippen LogP contribution < -0.4 is 0 Å². The summed E-state index contributed by atoms with van der Waals surface area (Å²) < 4.78 is 1.96. The lowest BCUT2D eigenvalue weighted by molar-refractivity contribution is -0.125. The standard InChI is InChI=1S/C17H23N3OS/c1-12(2)20-10-15(9-18-20)14-6-7-16(13(3)8-14)22-11-17(21)19(4)5/h6-10,12H,11H2,1-5H3. The van der Waals surface area contributed by atoms with Crippen LogP contribution in [0.25, 0.3) is 11.1 Å². The molecule has 0 saturated carbocycles. The molecule has 0 atom stereocenters. The lowest BCUT2D eigenvalue weighted by atomic mass is 10.1. The second-order valence-electron chi connectivity index (χ2n) is 5.86. The van der Waals surface area contributed by atoms with Crippen LogP contribution in [0, 0.1) is 6.92 Å². The highest BCUT2D eigenvalue weighted by Crippen LogP contribution is 2.28. The molecule has 0 aliphatic rings. The van der Waals surface area contributed by atoms with Gasteiger partial charge in [-0.3, -0.25) is 9.48 Å². The van der Waals surface area contributed by atoms with Gasteiger partial charge < -0.3 is 4.90 Å². The van der Waals surface area contributed by atoms with Gasteiger partial charge in [-0.2, -0.15) is 5.10 Å². The maximum Gasteiger partial charge on any atom is 0.232 e. The summed E-state index contributed by atoms with van der Waals surface area (Å²) >= 11 is 1.59. The Bertz CT molecular complexity index is 662. The van der Waals surface area contributed by atoms with Crippen LogP contribution >= 0.6 is 11.8 Å². The van der Waals surface area contributed by atoms with Crippen molar-refractivity contribution >= 4 is 17.7 Å². The highest BCUT2D eigenvalue weighted by atomic mass is 32.2. The Morgan fingerprint density at radius 1 is 1.32 bits per heavy atom. The van der Waals surface area contributed by atoms with Crippen molar-refractivity contribution in [3.63, 3.8) is 0 Å². The van der Waals surface area contributed by atoms with Gasteiger partial charge in [0.2, 0.25) is 5.91 Å². The van der Waals surface area contributed by atoms with Gasteiger partial charge in [-0.25, -0.2) is 0 Å². The number of hydrogen-bond donors (Lipinski definition) is 0. The number of rotatable bonds is 5. The van der Waals surface area contributed by atoms with Gasteiger partial charge in [0.05, 0.1) is 11.9 Å². The molecule has 0 spiro atoms.